The summed E-state index contributed by atoms with van der Waals surface area (Å²) in [6.07, 6.45) is 0. The van der Waals surface area contributed by atoms with E-state index in [1.54, 1.807) is 0 Å². The Morgan fingerprint density at radius 1 is 1.36 bits per heavy atom. The van der Waals surface area contributed by atoms with Gasteiger partial charge in [-0.3, -0.25) is 0 Å². The van der Waals surface area contributed by atoms with Crippen molar-refractivity contribution in [2.75, 3.05) is 12.3 Å². The number of benzene rings is 1. The molecule has 1 aromatic carbocycles. The molecule has 0 aromatic heterocycles. The van der Waals surface area contributed by atoms with E-state index in [1.807, 2.05) is 31.2 Å². The zero-order chi connectivity index (χ0) is 11.0. The Morgan fingerprint density at radius 3 is 2.29 bits per heavy atom. The fraction of sp³-hybridized carbons (Fsp3) is 0.364. The Morgan fingerprint density at radius 2 is 1.86 bits per heavy atom. The van der Waals surface area contributed by atoms with Crippen molar-refractivity contribution in [3.05, 3.63) is 24.3 Å². The summed E-state index contributed by atoms with van der Waals surface area (Å²) in [5, 5.41) is 0. The van der Waals surface area contributed by atoms with Gasteiger partial charge in [-0.2, -0.15) is 0 Å². The summed E-state index contributed by atoms with van der Waals surface area (Å²) in [7, 11) is 0. The molecule has 0 aliphatic heterocycles. The summed E-state index contributed by atoms with van der Waals surface area (Å²) in [6, 6.07) is 7.48. The number of ether oxygens (including phenoxy) is 1. The van der Waals surface area contributed by atoms with Gasteiger partial charge in [-0.25, -0.2) is 0 Å². The molecule has 0 bridgehead atoms. The average Bonchev–Trinajstić information content (AvgIpc) is 2.08. The monoisotopic (exact) mass is 195 g/mol. The van der Waals surface area contributed by atoms with Gasteiger partial charge in [-0.1, -0.05) is 12.1 Å². The SMILES string of the molecule is CC(C)=O.CCOc1ccccc1N. The molecule has 0 aliphatic rings. The molecule has 78 valence electrons. The predicted octanol–water partition coefficient (Wildman–Crippen LogP) is 2.26. The molecule has 0 aliphatic carbocycles. The maximum atomic E-state index is 9.44. The van der Waals surface area contributed by atoms with Crippen LogP contribution in [-0.4, -0.2) is 12.4 Å². The van der Waals surface area contributed by atoms with Gasteiger partial charge in [0.25, 0.3) is 0 Å². The highest BCUT2D eigenvalue weighted by Gasteiger charge is 1.93. The zero-order valence-corrected chi connectivity index (χ0v) is 8.91. The van der Waals surface area contributed by atoms with E-state index in [2.05, 4.69) is 0 Å². The maximum Gasteiger partial charge on any atom is 0.142 e. The highest BCUT2D eigenvalue weighted by Crippen LogP contribution is 2.18. The largest absolute Gasteiger partial charge is 0.492 e. The summed E-state index contributed by atoms with van der Waals surface area (Å²) in [4.78, 5) is 9.44. The minimum Gasteiger partial charge on any atom is -0.492 e. The molecule has 0 heterocycles. The Bertz CT molecular complexity index is 280. The first-order chi connectivity index (χ1) is 6.57. The summed E-state index contributed by atoms with van der Waals surface area (Å²) >= 11 is 0. The van der Waals surface area contributed by atoms with Gasteiger partial charge in [0, 0.05) is 0 Å². The van der Waals surface area contributed by atoms with Crippen molar-refractivity contribution >= 4 is 11.5 Å². The van der Waals surface area contributed by atoms with Gasteiger partial charge in [0.15, 0.2) is 0 Å². The number of rotatable bonds is 2. The molecule has 14 heavy (non-hydrogen) atoms. The van der Waals surface area contributed by atoms with Crippen LogP contribution in [0.3, 0.4) is 0 Å². The first-order valence-electron chi connectivity index (χ1n) is 4.52. The molecule has 0 saturated heterocycles. The quantitative estimate of drug-likeness (QED) is 0.736. The van der Waals surface area contributed by atoms with Gasteiger partial charge in [0.05, 0.1) is 12.3 Å². The lowest BCUT2D eigenvalue weighted by Gasteiger charge is -2.04. The number of ketones is 1. The molecule has 0 spiro atoms. The number of para-hydroxylation sites is 2. The number of Topliss-reactive ketones (excluding diaryl/α,β-unsaturated/α-hetero) is 1. The molecule has 0 unspecified atom stereocenters. The summed E-state index contributed by atoms with van der Waals surface area (Å²) < 4.78 is 5.21. The van der Waals surface area contributed by atoms with Crippen LogP contribution in [0.2, 0.25) is 0 Å². The number of anilines is 1. The van der Waals surface area contributed by atoms with Crippen molar-refractivity contribution in [1.82, 2.24) is 0 Å². The molecule has 1 aromatic rings. The summed E-state index contributed by atoms with van der Waals surface area (Å²) in [6.45, 7) is 5.65. The highest BCUT2D eigenvalue weighted by molar-refractivity contribution is 5.72. The van der Waals surface area contributed by atoms with Crippen molar-refractivity contribution < 1.29 is 9.53 Å². The lowest BCUT2D eigenvalue weighted by Crippen LogP contribution is -1.95. The van der Waals surface area contributed by atoms with Crippen LogP contribution in [0.15, 0.2) is 24.3 Å². The number of carbonyl (C=O) groups excluding carboxylic acids is 1. The minimum atomic E-state index is 0.167. The normalized spacial score (nSPS) is 8.50. The summed E-state index contributed by atoms with van der Waals surface area (Å²) in [5.74, 6) is 0.935. The topological polar surface area (TPSA) is 52.3 Å². The predicted molar refractivity (Wildman–Crippen MR) is 58.4 cm³/mol. The van der Waals surface area contributed by atoms with Crippen LogP contribution in [0.4, 0.5) is 5.69 Å². The van der Waals surface area contributed by atoms with E-state index in [1.165, 1.54) is 13.8 Å². The van der Waals surface area contributed by atoms with Gasteiger partial charge in [0.1, 0.15) is 11.5 Å². The van der Waals surface area contributed by atoms with Gasteiger partial charge in [-0.05, 0) is 32.9 Å². The van der Waals surface area contributed by atoms with Crippen molar-refractivity contribution in [1.29, 1.82) is 0 Å². The minimum absolute atomic E-state index is 0.167. The molecule has 2 N–H and O–H groups in total. The number of carbonyl (C=O) groups is 1. The molecule has 3 nitrogen and oxygen atoms in total. The molecule has 0 saturated carbocycles. The fourth-order valence-electron chi connectivity index (χ4n) is 0.767. The van der Waals surface area contributed by atoms with E-state index in [9.17, 15) is 4.79 Å². The Hall–Kier alpha value is -1.51. The molecular formula is C11H17NO2. The standard InChI is InChI=1S/C8H11NO.C3H6O/c1-2-10-8-6-4-3-5-7(8)9;1-3(2)4/h3-6H,2,9H2,1H3;1-2H3. The van der Waals surface area contributed by atoms with Crippen LogP contribution in [0.25, 0.3) is 0 Å². The van der Waals surface area contributed by atoms with Gasteiger partial charge in [0.2, 0.25) is 0 Å². The molecule has 3 heteroatoms. The van der Waals surface area contributed by atoms with E-state index < -0.39 is 0 Å². The highest BCUT2D eigenvalue weighted by atomic mass is 16.5. The van der Waals surface area contributed by atoms with Crippen molar-refractivity contribution in [2.24, 2.45) is 0 Å². The van der Waals surface area contributed by atoms with E-state index in [-0.39, 0.29) is 5.78 Å². The van der Waals surface area contributed by atoms with Crippen LogP contribution in [-0.2, 0) is 4.79 Å². The third-order valence-corrected chi connectivity index (χ3v) is 1.22. The van der Waals surface area contributed by atoms with E-state index in [4.69, 9.17) is 10.5 Å². The Kier molecular flexibility index (Phi) is 6.20. The Labute approximate surface area is 84.9 Å². The smallest absolute Gasteiger partial charge is 0.142 e. The van der Waals surface area contributed by atoms with Crippen LogP contribution >= 0.6 is 0 Å². The third kappa shape index (κ3) is 6.06. The van der Waals surface area contributed by atoms with Crippen LogP contribution in [0.5, 0.6) is 5.75 Å². The van der Waals surface area contributed by atoms with Crippen molar-refractivity contribution in [3.8, 4) is 5.75 Å². The molecule has 0 radical (unpaired) electrons. The van der Waals surface area contributed by atoms with E-state index >= 15 is 0 Å². The van der Waals surface area contributed by atoms with Crippen LogP contribution in [0.1, 0.15) is 20.8 Å². The van der Waals surface area contributed by atoms with E-state index in [0.717, 1.165) is 5.75 Å². The second-order valence-corrected chi connectivity index (χ2v) is 2.88. The van der Waals surface area contributed by atoms with Gasteiger partial charge in [-0.15, -0.1) is 0 Å². The molecular weight excluding hydrogens is 178 g/mol. The first kappa shape index (κ1) is 12.5. The molecule has 0 atom stereocenters. The second-order valence-electron chi connectivity index (χ2n) is 2.88. The zero-order valence-electron chi connectivity index (χ0n) is 8.91. The number of nitrogens with two attached hydrogens (primary N) is 1. The molecule has 0 fully saturated rings. The average molecular weight is 195 g/mol. The Balaban J connectivity index is 0.000000364. The fourth-order valence-corrected chi connectivity index (χ4v) is 0.767. The molecule has 1 rings (SSSR count). The van der Waals surface area contributed by atoms with E-state index in [0.29, 0.717) is 12.3 Å². The first-order valence-corrected chi connectivity index (χ1v) is 4.52. The molecule has 0 amide bonds. The lowest BCUT2D eigenvalue weighted by molar-refractivity contribution is -0.114. The summed E-state index contributed by atoms with van der Waals surface area (Å²) in [5.41, 5.74) is 6.28. The van der Waals surface area contributed by atoms with Crippen LogP contribution < -0.4 is 10.5 Å². The van der Waals surface area contributed by atoms with Gasteiger partial charge < -0.3 is 15.3 Å². The van der Waals surface area contributed by atoms with Crippen molar-refractivity contribution in [3.63, 3.8) is 0 Å². The number of nitrogen functional groups attached to an aromatic ring is 1. The second kappa shape index (κ2) is 6.95. The lowest BCUT2D eigenvalue weighted by atomic mass is 10.3. The van der Waals surface area contributed by atoms with Gasteiger partial charge >= 0.3 is 0 Å². The number of hydrogen-bond acceptors (Lipinski definition) is 3. The number of hydrogen-bond donors (Lipinski definition) is 1. The van der Waals surface area contributed by atoms with Crippen LogP contribution in [0, 0.1) is 0 Å². The third-order valence-electron chi connectivity index (χ3n) is 1.22. The van der Waals surface area contributed by atoms with Crippen molar-refractivity contribution in [2.45, 2.75) is 20.8 Å². The maximum absolute atomic E-state index is 9.44.